The normalized spacial score (nSPS) is 22.4. The molecule has 0 aromatic heterocycles. The number of allylic oxidation sites excluding steroid dienone is 2. The molecule has 1 aromatic rings. The highest BCUT2D eigenvalue weighted by Gasteiger charge is 2.20. The van der Waals surface area contributed by atoms with Crippen molar-refractivity contribution < 1.29 is 14.6 Å². The summed E-state index contributed by atoms with van der Waals surface area (Å²) in [6.45, 7) is 0. The SMILES string of the molecule is NP(=O)(O)Nc1ccc(O)cc1C1CC=CCC1. The van der Waals surface area contributed by atoms with Crippen LogP contribution < -0.4 is 10.6 Å². The van der Waals surface area contributed by atoms with Gasteiger partial charge in [0.05, 0.1) is 0 Å². The molecule has 0 amide bonds. The predicted octanol–water partition coefficient (Wildman–Crippen LogP) is 2.69. The summed E-state index contributed by atoms with van der Waals surface area (Å²) in [6.07, 6.45) is 6.99. The van der Waals surface area contributed by atoms with Crippen LogP contribution in [0.3, 0.4) is 0 Å². The Balaban J connectivity index is 2.34. The zero-order chi connectivity index (χ0) is 13.2. The lowest BCUT2D eigenvalue weighted by molar-refractivity contribution is 0.472. The van der Waals surface area contributed by atoms with Crippen molar-refractivity contribution in [3.63, 3.8) is 0 Å². The first-order valence-corrected chi connectivity index (χ1v) is 7.56. The van der Waals surface area contributed by atoms with E-state index in [1.807, 2.05) is 0 Å². The molecule has 6 heteroatoms. The van der Waals surface area contributed by atoms with Crippen molar-refractivity contribution in [2.45, 2.75) is 25.2 Å². The summed E-state index contributed by atoms with van der Waals surface area (Å²) >= 11 is 0. The molecular formula is C12H17N2O3P. The number of nitrogens with two attached hydrogens (primary N) is 1. The first-order chi connectivity index (χ1) is 8.46. The van der Waals surface area contributed by atoms with Gasteiger partial charge in [-0.1, -0.05) is 12.2 Å². The molecule has 0 bridgehead atoms. The van der Waals surface area contributed by atoms with E-state index in [2.05, 4.69) is 17.2 Å². The molecule has 1 aromatic carbocycles. The maximum absolute atomic E-state index is 11.2. The maximum atomic E-state index is 11.2. The molecule has 0 aliphatic heterocycles. The van der Waals surface area contributed by atoms with Gasteiger partial charge in [0.25, 0.3) is 0 Å². The second-order valence-corrected chi connectivity index (χ2v) is 5.96. The standard InChI is InChI=1S/C12H17N2O3P/c13-18(16,17)14-12-7-6-10(15)8-11(12)9-4-2-1-3-5-9/h1-2,6-9,15H,3-5H2,(H4,13,14,16,17). The second kappa shape index (κ2) is 5.14. The largest absolute Gasteiger partial charge is 0.508 e. The third-order valence-electron chi connectivity index (χ3n) is 3.02. The lowest BCUT2D eigenvalue weighted by Gasteiger charge is -2.22. The van der Waals surface area contributed by atoms with Gasteiger partial charge in [-0.15, -0.1) is 0 Å². The summed E-state index contributed by atoms with van der Waals surface area (Å²) in [7, 11) is -3.83. The molecule has 0 radical (unpaired) electrons. The predicted molar refractivity (Wildman–Crippen MR) is 71.5 cm³/mol. The number of hydrogen-bond donors (Lipinski definition) is 4. The van der Waals surface area contributed by atoms with Gasteiger partial charge in [0.1, 0.15) is 5.75 Å². The Morgan fingerprint density at radius 2 is 2.17 bits per heavy atom. The molecule has 0 heterocycles. The number of benzene rings is 1. The van der Waals surface area contributed by atoms with Crippen LogP contribution in [0.25, 0.3) is 0 Å². The fourth-order valence-corrected chi connectivity index (χ4v) is 2.79. The molecule has 0 fully saturated rings. The van der Waals surface area contributed by atoms with Crippen LogP contribution in [0.15, 0.2) is 30.4 Å². The van der Waals surface area contributed by atoms with Crippen LogP contribution in [0, 0.1) is 0 Å². The second-order valence-electron chi connectivity index (χ2n) is 4.49. The Labute approximate surface area is 106 Å². The maximum Gasteiger partial charge on any atom is 0.360 e. The van der Waals surface area contributed by atoms with Crippen molar-refractivity contribution in [1.82, 2.24) is 0 Å². The molecule has 5 nitrogen and oxygen atoms in total. The van der Waals surface area contributed by atoms with E-state index in [0.717, 1.165) is 24.8 Å². The van der Waals surface area contributed by atoms with Gasteiger partial charge in [0, 0.05) is 5.69 Å². The smallest absolute Gasteiger partial charge is 0.360 e. The summed E-state index contributed by atoms with van der Waals surface area (Å²) in [6, 6.07) is 4.68. The third-order valence-corrected chi connectivity index (χ3v) is 3.59. The Morgan fingerprint density at radius 3 is 2.78 bits per heavy atom. The van der Waals surface area contributed by atoms with Gasteiger partial charge in [0.15, 0.2) is 0 Å². The Bertz CT molecular complexity index is 510. The first kappa shape index (κ1) is 13.1. The van der Waals surface area contributed by atoms with Crippen molar-refractivity contribution in [2.75, 3.05) is 5.09 Å². The highest BCUT2D eigenvalue weighted by Crippen LogP contribution is 2.40. The lowest BCUT2D eigenvalue weighted by Crippen LogP contribution is -2.09. The molecule has 2 atom stereocenters. The monoisotopic (exact) mass is 268 g/mol. The van der Waals surface area contributed by atoms with Gasteiger partial charge in [-0.2, -0.15) is 0 Å². The number of rotatable bonds is 3. The molecule has 0 saturated heterocycles. The lowest BCUT2D eigenvalue weighted by atomic mass is 9.87. The average Bonchev–Trinajstić information content (AvgIpc) is 2.31. The van der Waals surface area contributed by atoms with Gasteiger partial charge < -0.3 is 15.1 Å². The number of aromatic hydroxyl groups is 1. The van der Waals surface area contributed by atoms with E-state index >= 15 is 0 Å². The molecule has 1 aliphatic carbocycles. The van der Waals surface area contributed by atoms with Crippen LogP contribution in [-0.2, 0) is 4.57 Å². The number of anilines is 1. The molecule has 18 heavy (non-hydrogen) atoms. The zero-order valence-corrected chi connectivity index (χ0v) is 10.8. The number of phenolic OH excluding ortho intramolecular Hbond substituents is 1. The van der Waals surface area contributed by atoms with E-state index < -0.39 is 7.67 Å². The quantitative estimate of drug-likeness (QED) is 0.384. The summed E-state index contributed by atoms with van der Waals surface area (Å²) in [5.41, 5.74) is 6.48. The van der Waals surface area contributed by atoms with E-state index in [1.165, 1.54) is 6.07 Å². The summed E-state index contributed by atoms with van der Waals surface area (Å²) < 4.78 is 11.2. The number of nitrogens with one attached hydrogen (secondary N) is 1. The van der Waals surface area contributed by atoms with E-state index in [4.69, 9.17) is 5.50 Å². The Morgan fingerprint density at radius 1 is 1.39 bits per heavy atom. The van der Waals surface area contributed by atoms with Crippen LogP contribution in [0.2, 0.25) is 0 Å². The minimum Gasteiger partial charge on any atom is -0.508 e. The van der Waals surface area contributed by atoms with E-state index in [9.17, 15) is 14.6 Å². The van der Waals surface area contributed by atoms with Crippen LogP contribution in [0.1, 0.15) is 30.7 Å². The molecule has 98 valence electrons. The van der Waals surface area contributed by atoms with Crippen LogP contribution in [-0.4, -0.2) is 10.00 Å². The molecular weight excluding hydrogens is 251 g/mol. The van der Waals surface area contributed by atoms with Gasteiger partial charge in [-0.05, 0) is 48.9 Å². The van der Waals surface area contributed by atoms with Crippen LogP contribution in [0.5, 0.6) is 5.75 Å². The molecule has 1 aliphatic rings. The highest BCUT2D eigenvalue weighted by atomic mass is 31.2. The topological polar surface area (TPSA) is 95.6 Å². The van der Waals surface area contributed by atoms with Crippen molar-refractivity contribution in [2.24, 2.45) is 5.50 Å². The van der Waals surface area contributed by atoms with E-state index in [1.54, 1.807) is 12.1 Å². The average molecular weight is 268 g/mol. The van der Waals surface area contributed by atoms with Crippen molar-refractivity contribution in [1.29, 1.82) is 0 Å². The van der Waals surface area contributed by atoms with Crippen LogP contribution in [0.4, 0.5) is 5.69 Å². The molecule has 0 spiro atoms. The van der Waals surface area contributed by atoms with Gasteiger partial charge >= 0.3 is 7.67 Å². The van der Waals surface area contributed by atoms with E-state index in [0.29, 0.717) is 5.69 Å². The van der Waals surface area contributed by atoms with E-state index in [-0.39, 0.29) is 11.7 Å². The minimum atomic E-state index is -3.83. The summed E-state index contributed by atoms with van der Waals surface area (Å²) in [5.74, 6) is 0.381. The molecule has 2 rings (SSSR count). The summed E-state index contributed by atoms with van der Waals surface area (Å²) in [5, 5.41) is 12.0. The molecule has 5 N–H and O–H groups in total. The summed E-state index contributed by atoms with van der Waals surface area (Å²) in [4.78, 5) is 9.21. The van der Waals surface area contributed by atoms with Gasteiger partial charge in [-0.25, -0.2) is 10.1 Å². The zero-order valence-electron chi connectivity index (χ0n) is 9.91. The van der Waals surface area contributed by atoms with Crippen molar-refractivity contribution >= 4 is 13.4 Å². The number of hydrogen-bond acceptors (Lipinski definition) is 2. The van der Waals surface area contributed by atoms with Gasteiger partial charge in [-0.3, -0.25) is 0 Å². The van der Waals surface area contributed by atoms with Gasteiger partial charge in [0.2, 0.25) is 0 Å². The van der Waals surface area contributed by atoms with Crippen molar-refractivity contribution in [3.05, 3.63) is 35.9 Å². The fourth-order valence-electron chi connectivity index (χ4n) is 2.24. The minimum absolute atomic E-state index is 0.148. The fraction of sp³-hybridized carbons (Fsp3) is 0.333. The Kier molecular flexibility index (Phi) is 3.76. The van der Waals surface area contributed by atoms with Crippen molar-refractivity contribution in [3.8, 4) is 5.75 Å². The molecule has 0 saturated carbocycles. The first-order valence-electron chi connectivity index (χ1n) is 5.83. The Hall–Kier alpha value is -1.29. The molecule has 2 unspecified atom stereocenters. The highest BCUT2D eigenvalue weighted by molar-refractivity contribution is 7.57. The van der Waals surface area contributed by atoms with Crippen LogP contribution >= 0.6 is 7.67 Å². The third kappa shape index (κ3) is 3.35. The number of phenols is 1.